The molecule has 29 heavy (non-hydrogen) atoms. The highest BCUT2D eigenvalue weighted by Crippen LogP contribution is 2.54. The molecule has 0 spiro atoms. The van der Waals surface area contributed by atoms with Crippen LogP contribution >= 0.6 is 7.14 Å². The summed E-state index contributed by atoms with van der Waals surface area (Å²) in [6, 6.07) is 12.8. The third-order valence-electron chi connectivity index (χ3n) is 5.88. The Kier molecular flexibility index (Phi) is 6.57. The van der Waals surface area contributed by atoms with E-state index < -0.39 is 12.9 Å². The Morgan fingerprint density at radius 2 is 1.48 bits per heavy atom. The Morgan fingerprint density at radius 1 is 0.931 bits per heavy atom. The number of quaternary nitrogens is 1. The summed E-state index contributed by atoms with van der Waals surface area (Å²) < 4.78 is 14.6. The fraction of sp³-hybridized carbons (Fsp3) is 0.381. The van der Waals surface area contributed by atoms with Crippen LogP contribution in [-0.2, 0) is 9.36 Å². The third-order valence-corrected chi connectivity index (χ3v) is 9.39. The van der Waals surface area contributed by atoms with Crippen molar-refractivity contribution in [1.29, 1.82) is 0 Å². The highest BCUT2D eigenvalue weighted by Gasteiger charge is 2.47. The predicted molar refractivity (Wildman–Crippen MR) is 108 cm³/mol. The van der Waals surface area contributed by atoms with Crippen LogP contribution in [-0.4, -0.2) is 45.9 Å². The zero-order valence-corrected chi connectivity index (χ0v) is 17.7. The number of likely N-dealkylation sites (tertiary alicyclic amines) is 1. The monoisotopic (exact) mass is 436 g/mol. The van der Waals surface area contributed by atoms with Gasteiger partial charge in [0.15, 0.2) is 13.2 Å². The fourth-order valence-electron chi connectivity index (χ4n) is 4.44. The van der Waals surface area contributed by atoms with Crippen molar-refractivity contribution in [2.75, 3.05) is 13.1 Å². The van der Waals surface area contributed by atoms with E-state index in [9.17, 15) is 19.6 Å². The molecule has 0 radical (unpaired) electrons. The summed E-state index contributed by atoms with van der Waals surface area (Å²) >= 11 is 0. The minimum atomic E-state index is -3.19. The SMILES string of the molecule is O=C([C@@H]1CCC[NH2+]1)N1CCCC1P(=O)(c1ccc(O)cc1)c1ccc(O)cc1.[Cl-]. The molecule has 2 heterocycles. The van der Waals surface area contributed by atoms with E-state index in [1.165, 1.54) is 24.3 Å². The number of aromatic hydroxyl groups is 2. The van der Waals surface area contributed by atoms with Gasteiger partial charge in [-0.25, -0.2) is 0 Å². The van der Waals surface area contributed by atoms with Gasteiger partial charge in [-0.05, 0) is 61.4 Å². The van der Waals surface area contributed by atoms with Crippen LogP contribution in [0, 0.1) is 0 Å². The quantitative estimate of drug-likeness (QED) is 0.488. The number of phenols is 2. The van der Waals surface area contributed by atoms with Crippen LogP contribution in [0.3, 0.4) is 0 Å². The molecule has 0 bridgehead atoms. The van der Waals surface area contributed by atoms with Crippen molar-refractivity contribution in [3.8, 4) is 11.5 Å². The molecule has 0 aromatic heterocycles. The number of carbonyl (C=O) groups excluding carboxylic acids is 1. The minimum Gasteiger partial charge on any atom is -1.00 e. The van der Waals surface area contributed by atoms with Gasteiger partial charge in [0.2, 0.25) is 0 Å². The summed E-state index contributed by atoms with van der Waals surface area (Å²) in [5, 5.41) is 22.7. The Morgan fingerprint density at radius 3 is 1.97 bits per heavy atom. The molecule has 1 amide bonds. The summed E-state index contributed by atoms with van der Waals surface area (Å²) in [5.41, 5.74) is 0. The van der Waals surface area contributed by atoms with E-state index in [4.69, 9.17) is 0 Å². The molecule has 2 saturated heterocycles. The first kappa shape index (κ1) is 21.7. The number of rotatable bonds is 4. The number of amides is 1. The number of hydrogen-bond acceptors (Lipinski definition) is 4. The second-order valence-electron chi connectivity index (χ2n) is 7.62. The fourth-order valence-corrected chi connectivity index (χ4v) is 7.78. The molecule has 6 nitrogen and oxygen atoms in total. The van der Waals surface area contributed by atoms with E-state index in [1.807, 2.05) is 4.90 Å². The van der Waals surface area contributed by atoms with Gasteiger partial charge in [0.05, 0.1) is 12.3 Å². The van der Waals surface area contributed by atoms with Crippen molar-refractivity contribution >= 4 is 23.7 Å². The third kappa shape index (κ3) is 4.02. The van der Waals surface area contributed by atoms with E-state index in [2.05, 4.69) is 5.32 Å². The Bertz CT molecular complexity index is 848. The van der Waals surface area contributed by atoms with Gasteiger partial charge in [-0.1, -0.05) is 0 Å². The molecule has 4 rings (SSSR count). The standard InChI is InChI=1S/C21H25N2O4P.ClH/c24-15-5-9-17(10-6-15)28(27,18-11-7-16(25)8-12-18)20-4-2-14-23(20)21(26)19-3-1-13-22-19;/h5-12,19-20,22,24-25H,1-4,13-14H2;1H/t19-,20?;/m0./s1. The maximum atomic E-state index is 14.6. The number of nitrogens with zero attached hydrogens (tertiary/aromatic N) is 1. The maximum absolute atomic E-state index is 14.6. The largest absolute Gasteiger partial charge is 1.00 e. The molecule has 4 N–H and O–H groups in total. The first-order valence-electron chi connectivity index (χ1n) is 9.83. The molecule has 0 aliphatic carbocycles. The van der Waals surface area contributed by atoms with Gasteiger partial charge >= 0.3 is 0 Å². The molecule has 2 aliphatic rings. The van der Waals surface area contributed by atoms with Crippen LogP contribution in [0.15, 0.2) is 48.5 Å². The highest BCUT2D eigenvalue weighted by molar-refractivity contribution is 7.79. The van der Waals surface area contributed by atoms with Crippen LogP contribution < -0.4 is 28.3 Å². The summed E-state index contributed by atoms with van der Waals surface area (Å²) in [5.74, 6) is -0.0947. The van der Waals surface area contributed by atoms with Gasteiger partial charge < -0.3 is 37.4 Å². The Labute approximate surface area is 176 Å². The van der Waals surface area contributed by atoms with Gasteiger partial charge in [-0.3, -0.25) is 4.79 Å². The first-order chi connectivity index (χ1) is 13.5. The lowest BCUT2D eigenvalue weighted by Crippen LogP contribution is -3.00. The molecule has 8 heteroatoms. The molecular formula is C21H26ClN2O4P. The lowest BCUT2D eigenvalue weighted by atomic mass is 10.2. The molecule has 0 saturated carbocycles. The van der Waals surface area contributed by atoms with E-state index in [0.717, 1.165) is 25.8 Å². The number of benzene rings is 2. The molecule has 2 aromatic carbocycles. The van der Waals surface area contributed by atoms with Gasteiger partial charge in [0, 0.05) is 30.0 Å². The number of carbonyl (C=O) groups is 1. The smallest absolute Gasteiger partial charge is 0.281 e. The highest BCUT2D eigenvalue weighted by atomic mass is 35.5. The second-order valence-corrected chi connectivity index (χ2v) is 10.6. The zero-order chi connectivity index (χ0) is 19.7. The van der Waals surface area contributed by atoms with E-state index >= 15 is 0 Å². The van der Waals surface area contributed by atoms with Crippen LogP contribution in [0.4, 0.5) is 0 Å². The van der Waals surface area contributed by atoms with Crippen molar-refractivity contribution in [3.05, 3.63) is 48.5 Å². The van der Waals surface area contributed by atoms with Crippen molar-refractivity contribution < 1.29 is 37.3 Å². The first-order valence-corrected chi connectivity index (χ1v) is 11.6. The number of hydrogen-bond donors (Lipinski definition) is 3. The van der Waals surface area contributed by atoms with E-state index in [0.29, 0.717) is 23.6 Å². The van der Waals surface area contributed by atoms with Crippen molar-refractivity contribution in [3.63, 3.8) is 0 Å². The average molecular weight is 437 g/mol. The Balaban J connectivity index is 0.00000240. The number of phenolic OH excluding ortho intramolecular Hbond substituents is 2. The molecular weight excluding hydrogens is 411 g/mol. The van der Waals surface area contributed by atoms with Crippen molar-refractivity contribution in [1.82, 2.24) is 4.90 Å². The lowest BCUT2D eigenvalue weighted by molar-refractivity contribution is -0.658. The van der Waals surface area contributed by atoms with E-state index in [1.54, 1.807) is 24.3 Å². The minimum absolute atomic E-state index is 0. The Hall–Kier alpha value is -2.01. The lowest BCUT2D eigenvalue weighted by Gasteiger charge is -2.33. The second kappa shape index (κ2) is 8.78. The predicted octanol–water partition coefficient (Wildman–Crippen LogP) is -1.91. The van der Waals surface area contributed by atoms with Gasteiger partial charge in [0.1, 0.15) is 11.5 Å². The van der Waals surface area contributed by atoms with E-state index in [-0.39, 0.29) is 35.9 Å². The van der Waals surface area contributed by atoms with Crippen molar-refractivity contribution in [2.45, 2.75) is 37.5 Å². The maximum Gasteiger partial charge on any atom is 0.281 e. The molecule has 2 aromatic rings. The summed E-state index contributed by atoms with van der Waals surface area (Å²) in [6.45, 7) is 1.58. The zero-order valence-electron chi connectivity index (χ0n) is 16.1. The molecule has 1 unspecified atom stereocenters. The normalized spacial score (nSPS) is 21.7. The topological polar surface area (TPSA) is 94.5 Å². The van der Waals surface area contributed by atoms with Gasteiger partial charge in [-0.15, -0.1) is 0 Å². The average Bonchev–Trinajstić information content (AvgIpc) is 3.40. The molecule has 2 atom stereocenters. The number of nitrogens with two attached hydrogens (primary N) is 1. The summed E-state index contributed by atoms with van der Waals surface area (Å²) in [6.07, 6.45) is 3.40. The summed E-state index contributed by atoms with van der Waals surface area (Å²) in [7, 11) is -3.19. The van der Waals surface area contributed by atoms with Crippen LogP contribution in [0.5, 0.6) is 11.5 Å². The van der Waals surface area contributed by atoms with Gasteiger partial charge in [0.25, 0.3) is 5.91 Å². The molecule has 2 fully saturated rings. The van der Waals surface area contributed by atoms with Gasteiger partial charge in [-0.2, -0.15) is 0 Å². The summed E-state index contributed by atoms with van der Waals surface area (Å²) in [4.78, 5) is 15.0. The number of halogens is 1. The van der Waals surface area contributed by atoms with Crippen molar-refractivity contribution in [2.24, 2.45) is 0 Å². The van der Waals surface area contributed by atoms with Crippen LogP contribution in [0.25, 0.3) is 0 Å². The van der Waals surface area contributed by atoms with Crippen LogP contribution in [0.1, 0.15) is 25.7 Å². The van der Waals surface area contributed by atoms with Crippen LogP contribution in [0.2, 0.25) is 0 Å². The molecule has 156 valence electrons. The molecule has 2 aliphatic heterocycles.